The van der Waals surface area contributed by atoms with Gasteiger partial charge in [0.15, 0.2) is 0 Å². The van der Waals surface area contributed by atoms with Gasteiger partial charge in [-0.1, -0.05) is 41.4 Å². The summed E-state index contributed by atoms with van der Waals surface area (Å²) in [5, 5.41) is 10.9. The van der Waals surface area contributed by atoms with Crippen LogP contribution in [0.4, 0.5) is 0 Å². The summed E-state index contributed by atoms with van der Waals surface area (Å²) < 4.78 is 0. The van der Waals surface area contributed by atoms with E-state index in [1.807, 2.05) is 25.1 Å². The van der Waals surface area contributed by atoms with Gasteiger partial charge < -0.3 is 5.11 Å². The molecule has 0 bridgehead atoms. The zero-order chi connectivity index (χ0) is 14.5. The van der Waals surface area contributed by atoms with E-state index in [0.717, 1.165) is 16.1 Å². The summed E-state index contributed by atoms with van der Waals surface area (Å²) in [6.45, 7) is 4.09. The second-order valence-electron chi connectivity index (χ2n) is 5.08. The van der Waals surface area contributed by atoms with Crippen molar-refractivity contribution >= 4 is 23.4 Å². The van der Waals surface area contributed by atoms with E-state index in [2.05, 4.69) is 31.2 Å². The molecular weight excluding hydrogens is 288 g/mol. The molecule has 106 valence electrons. The van der Waals surface area contributed by atoms with Crippen molar-refractivity contribution in [3.63, 3.8) is 0 Å². The lowest BCUT2D eigenvalue weighted by Gasteiger charge is -2.12. The van der Waals surface area contributed by atoms with Crippen molar-refractivity contribution < 1.29 is 5.11 Å². The Hall–Kier alpha value is -0.960. The van der Waals surface area contributed by atoms with E-state index in [1.165, 1.54) is 10.5 Å². The number of benzene rings is 2. The molecule has 2 rings (SSSR count). The van der Waals surface area contributed by atoms with Crippen LogP contribution in [0.2, 0.25) is 5.02 Å². The van der Waals surface area contributed by atoms with Gasteiger partial charge in [-0.05, 0) is 43.2 Å². The summed E-state index contributed by atoms with van der Waals surface area (Å²) in [6.07, 6.45) is 0.208. The van der Waals surface area contributed by atoms with E-state index in [-0.39, 0.29) is 6.10 Å². The lowest BCUT2D eigenvalue weighted by Crippen LogP contribution is -2.13. The number of aliphatic hydroxyl groups excluding tert-OH is 1. The Morgan fingerprint density at radius 1 is 1.05 bits per heavy atom. The molecular formula is C17H19ClOS. The Bertz CT molecular complexity index is 566. The van der Waals surface area contributed by atoms with Crippen LogP contribution in [0.5, 0.6) is 0 Å². The quantitative estimate of drug-likeness (QED) is 0.811. The molecule has 0 radical (unpaired) electrons. The van der Waals surface area contributed by atoms with Crippen LogP contribution in [-0.2, 0) is 6.42 Å². The third-order valence-electron chi connectivity index (χ3n) is 3.13. The highest BCUT2D eigenvalue weighted by atomic mass is 35.5. The van der Waals surface area contributed by atoms with Gasteiger partial charge in [0, 0.05) is 22.1 Å². The number of aryl methyl sites for hydroxylation is 2. The zero-order valence-electron chi connectivity index (χ0n) is 11.8. The van der Waals surface area contributed by atoms with Gasteiger partial charge in [-0.3, -0.25) is 0 Å². The molecule has 0 aromatic heterocycles. The first-order valence-electron chi connectivity index (χ1n) is 6.67. The molecule has 3 heteroatoms. The Morgan fingerprint density at radius 3 is 2.35 bits per heavy atom. The molecule has 1 atom stereocenters. The van der Waals surface area contributed by atoms with E-state index in [0.29, 0.717) is 12.2 Å². The summed E-state index contributed by atoms with van der Waals surface area (Å²) in [6, 6.07) is 14.3. The minimum Gasteiger partial charge on any atom is -0.392 e. The fourth-order valence-corrected chi connectivity index (χ4v) is 3.10. The topological polar surface area (TPSA) is 20.2 Å². The summed E-state index contributed by atoms with van der Waals surface area (Å²) in [5.74, 6) is 0.674. The standard InChI is InChI=1S/C17H19ClOS/c1-12-4-7-16(8-5-12)20-11-15(19)10-14-6-3-13(2)9-17(14)18/h3-9,15,19H,10-11H2,1-2H3. The SMILES string of the molecule is Cc1ccc(SCC(O)Cc2ccc(C)cc2Cl)cc1. The van der Waals surface area contributed by atoms with Gasteiger partial charge in [0.05, 0.1) is 6.10 Å². The summed E-state index contributed by atoms with van der Waals surface area (Å²) >= 11 is 7.86. The van der Waals surface area contributed by atoms with E-state index >= 15 is 0 Å². The van der Waals surface area contributed by atoms with E-state index in [9.17, 15) is 5.11 Å². The molecule has 20 heavy (non-hydrogen) atoms. The molecule has 2 aromatic carbocycles. The first kappa shape index (κ1) is 15.4. The van der Waals surface area contributed by atoms with Crippen molar-refractivity contribution in [3.05, 3.63) is 64.2 Å². The largest absolute Gasteiger partial charge is 0.392 e. The summed E-state index contributed by atoms with van der Waals surface area (Å²) in [5.41, 5.74) is 3.40. The number of thioether (sulfide) groups is 1. The molecule has 0 spiro atoms. The third-order valence-corrected chi connectivity index (χ3v) is 4.64. The molecule has 0 saturated carbocycles. The van der Waals surface area contributed by atoms with Crippen molar-refractivity contribution in [2.75, 3.05) is 5.75 Å². The van der Waals surface area contributed by atoms with Gasteiger partial charge in [-0.25, -0.2) is 0 Å². The van der Waals surface area contributed by atoms with Crippen LogP contribution in [0.1, 0.15) is 16.7 Å². The Labute approximate surface area is 130 Å². The minimum absolute atomic E-state index is 0.387. The second kappa shape index (κ2) is 7.16. The normalized spacial score (nSPS) is 12.4. The third kappa shape index (κ3) is 4.55. The molecule has 0 aliphatic carbocycles. The molecule has 0 amide bonds. The van der Waals surface area contributed by atoms with Crippen molar-refractivity contribution in [1.29, 1.82) is 0 Å². The Balaban J connectivity index is 1.89. The Kier molecular flexibility index (Phi) is 5.53. The molecule has 1 unspecified atom stereocenters. The molecule has 0 fully saturated rings. The zero-order valence-corrected chi connectivity index (χ0v) is 13.3. The molecule has 0 heterocycles. The molecule has 0 aliphatic rings. The Morgan fingerprint density at radius 2 is 1.70 bits per heavy atom. The number of aliphatic hydroxyl groups is 1. The van der Waals surface area contributed by atoms with E-state index < -0.39 is 0 Å². The maximum Gasteiger partial charge on any atom is 0.0674 e. The molecule has 0 aliphatic heterocycles. The van der Waals surface area contributed by atoms with Crippen molar-refractivity contribution in [1.82, 2.24) is 0 Å². The van der Waals surface area contributed by atoms with Gasteiger partial charge in [-0.2, -0.15) is 0 Å². The number of halogens is 1. The van der Waals surface area contributed by atoms with Crippen LogP contribution >= 0.6 is 23.4 Å². The summed E-state index contributed by atoms with van der Waals surface area (Å²) in [4.78, 5) is 1.18. The van der Waals surface area contributed by atoms with Crippen LogP contribution in [0.15, 0.2) is 47.4 Å². The average Bonchev–Trinajstić information content (AvgIpc) is 2.41. The first-order valence-corrected chi connectivity index (χ1v) is 8.03. The van der Waals surface area contributed by atoms with Crippen molar-refractivity contribution in [2.45, 2.75) is 31.3 Å². The van der Waals surface area contributed by atoms with Crippen LogP contribution in [0.25, 0.3) is 0 Å². The number of hydrogen-bond donors (Lipinski definition) is 1. The van der Waals surface area contributed by atoms with Crippen LogP contribution in [0, 0.1) is 13.8 Å². The lowest BCUT2D eigenvalue weighted by molar-refractivity contribution is 0.200. The van der Waals surface area contributed by atoms with E-state index in [1.54, 1.807) is 11.8 Å². The van der Waals surface area contributed by atoms with Crippen LogP contribution < -0.4 is 0 Å². The predicted molar refractivity (Wildman–Crippen MR) is 87.8 cm³/mol. The molecule has 0 saturated heterocycles. The van der Waals surface area contributed by atoms with Gasteiger partial charge >= 0.3 is 0 Å². The van der Waals surface area contributed by atoms with Gasteiger partial charge in [0.25, 0.3) is 0 Å². The molecule has 1 N–H and O–H groups in total. The monoisotopic (exact) mass is 306 g/mol. The van der Waals surface area contributed by atoms with Gasteiger partial charge in [0.2, 0.25) is 0 Å². The fourth-order valence-electron chi connectivity index (χ4n) is 1.96. The van der Waals surface area contributed by atoms with E-state index in [4.69, 9.17) is 11.6 Å². The molecule has 2 aromatic rings. The minimum atomic E-state index is -0.387. The van der Waals surface area contributed by atoms with Crippen LogP contribution in [-0.4, -0.2) is 17.0 Å². The number of hydrogen-bond acceptors (Lipinski definition) is 2. The fraction of sp³-hybridized carbons (Fsp3) is 0.294. The first-order chi connectivity index (χ1) is 9.54. The molecule has 1 nitrogen and oxygen atoms in total. The smallest absolute Gasteiger partial charge is 0.0674 e. The highest BCUT2D eigenvalue weighted by Gasteiger charge is 2.09. The highest BCUT2D eigenvalue weighted by molar-refractivity contribution is 7.99. The van der Waals surface area contributed by atoms with Crippen LogP contribution in [0.3, 0.4) is 0 Å². The maximum atomic E-state index is 10.1. The highest BCUT2D eigenvalue weighted by Crippen LogP contribution is 2.23. The summed E-state index contributed by atoms with van der Waals surface area (Å²) in [7, 11) is 0. The number of rotatable bonds is 5. The van der Waals surface area contributed by atoms with Crippen molar-refractivity contribution in [2.24, 2.45) is 0 Å². The van der Waals surface area contributed by atoms with Gasteiger partial charge in [-0.15, -0.1) is 11.8 Å². The lowest BCUT2D eigenvalue weighted by atomic mass is 10.1. The predicted octanol–water partition coefficient (Wildman–Crippen LogP) is 4.65. The van der Waals surface area contributed by atoms with Gasteiger partial charge in [0.1, 0.15) is 0 Å². The second-order valence-corrected chi connectivity index (χ2v) is 6.58. The maximum absolute atomic E-state index is 10.1. The average molecular weight is 307 g/mol. The van der Waals surface area contributed by atoms with Crippen molar-refractivity contribution in [3.8, 4) is 0 Å².